The monoisotopic (exact) mass is 191 g/mol. The summed E-state index contributed by atoms with van der Waals surface area (Å²) in [6.07, 6.45) is 0.452. The molecule has 1 rings (SSSR count). The minimum absolute atomic E-state index is 0.223. The van der Waals surface area contributed by atoms with E-state index in [4.69, 9.17) is 0 Å². The van der Waals surface area contributed by atoms with E-state index in [1.54, 1.807) is 6.08 Å². The van der Waals surface area contributed by atoms with Crippen LogP contribution >= 0.6 is 0 Å². The van der Waals surface area contributed by atoms with Crippen molar-refractivity contribution in [3.63, 3.8) is 0 Å². The van der Waals surface area contributed by atoms with Crippen LogP contribution in [0, 0.1) is 11.8 Å². The van der Waals surface area contributed by atoms with E-state index in [0.29, 0.717) is 19.3 Å². The standard InChI is InChI=1S/C10H14F3/c1-2-5-8-6-3-4-7-9(8)10(11,12)13/h2,8H,1,3-7H2. The summed E-state index contributed by atoms with van der Waals surface area (Å²) in [6, 6.07) is 0. The molecule has 1 aliphatic rings. The van der Waals surface area contributed by atoms with Crippen LogP contribution in [0.2, 0.25) is 0 Å². The number of hydrogen-bond donors (Lipinski definition) is 0. The zero-order valence-corrected chi connectivity index (χ0v) is 7.53. The molecule has 75 valence electrons. The molecule has 13 heavy (non-hydrogen) atoms. The van der Waals surface area contributed by atoms with Crippen LogP contribution in [0.4, 0.5) is 13.2 Å². The number of alkyl halides is 3. The Balaban J connectivity index is 2.61. The molecular formula is C10H14F3. The fraction of sp³-hybridized carbons (Fsp3) is 0.700. The van der Waals surface area contributed by atoms with Gasteiger partial charge in [-0.3, -0.25) is 0 Å². The van der Waals surface area contributed by atoms with Crippen LogP contribution < -0.4 is 0 Å². The molecule has 0 N–H and O–H groups in total. The topological polar surface area (TPSA) is 0 Å². The summed E-state index contributed by atoms with van der Waals surface area (Å²) in [4.78, 5) is 0. The van der Waals surface area contributed by atoms with Crippen LogP contribution in [0.3, 0.4) is 0 Å². The van der Waals surface area contributed by atoms with Crippen molar-refractivity contribution in [3.05, 3.63) is 18.6 Å². The SMILES string of the molecule is C=CCC1CCCC[C]1C(F)(F)F. The van der Waals surface area contributed by atoms with Crippen molar-refractivity contribution in [1.29, 1.82) is 0 Å². The van der Waals surface area contributed by atoms with Crippen molar-refractivity contribution in [2.24, 2.45) is 5.92 Å². The van der Waals surface area contributed by atoms with Crippen molar-refractivity contribution in [1.82, 2.24) is 0 Å². The smallest absolute Gasteiger partial charge is 0.170 e. The fourth-order valence-corrected chi connectivity index (χ4v) is 1.92. The van der Waals surface area contributed by atoms with Crippen molar-refractivity contribution in [2.45, 2.75) is 38.3 Å². The quantitative estimate of drug-likeness (QED) is 0.581. The van der Waals surface area contributed by atoms with E-state index in [1.165, 1.54) is 0 Å². The maximum absolute atomic E-state index is 12.4. The van der Waals surface area contributed by atoms with Crippen molar-refractivity contribution >= 4 is 0 Å². The van der Waals surface area contributed by atoms with Gasteiger partial charge in [0.2, 0.25) is 0 Å². The van der Waals surface area contributed by atoms with Crippen LogP contribution in [0.25, 0.3) is 0 Å². The summed E-state index contributed by atoms with van der Waals surface area (Å²) < 4.78 is 37.3. The Morgan fingerprint density at radius 1 is 1.38 bits per heavy atom. The highest BCUT2D eigenvalue weighted by molar-refractivity contribution is 5.06. The largest absolute Gasteiger partial charge is 0.395 e. The number of hydrogen-bond acceptors (Lipinski definition) is 0. The summed E-state index contributed by atoms with van der Waals surface area (Å²) in [5.74, 6) is -0.523. The van der Waals surface area contributed by atoms with Crippen LogP contribution in [0.5, 0.6) is 0 Å². The number of rotatable bonds is 2. The van der Waals surface area contributed by atoms with Crippen molar-refractivity contribution in [3.8, 4) is 0 Å². The average Bonchev–Trinajstić information content (AvgIpc) is 2.04. The van der Waals surface area contributed by atoms with Gasteiger partial charge >= 0.3 is 6.18 Å². The number of halogens is 3. The Morgan fingerprint density at radius 3 is 2.62 bits per heavy atom. The second kappa shape index (κ2) is 4.16. The zero-order chi connectivity index (χ0) is 9.90. The van der Waals surface area contributed by atoms with E-state index in [0.717, 1.165) is 6.42 Å². The van der Waals surface area contributed by atoms with Gasteiger partial charge in [-0.2, -0.15) is 13.2 Å². The Morgan fingerprint density at radius 2 is 2.08 bits per heavy atom. The highest BCUT2D eigenvalue weighted by Gasteiger charge is 2.45. The lowest BCUT2D eigenvalue weighted by molar-refractivity contribution is -0.129. The van der Waals surface area contributed by atoms with Gasteiger partial charge in [-0.25, -0.2) is 0 Å². The minimum atomic E-state index is -4.09. The lowest BCUT2D eigenvalue weighted by Gasteiger charge is -2.31. The highest BCUT2D eigenvalue weighted by atomic mass is 19.4. The van der Waals surface area contributed by atoms with E-state index in [9.17, 15) is 13.2 Å². The second-order valence-electron chi connectivity index (χ2n) is 3.49. The third kappa shape index (κ3) is 2.75. The summed E-state index contributed by atoms with van der Waals surface area (Å²) in [6.45, 7) is 3.49. The molecule has 0 aromatic heterocycles. The molecule has 0 spiro atoms. The third-order valence-electron chi connectivity index (χ3n) is 2.56. The molecule has 1 aliphatic carbocycles. The molecule has 0 heterocycles. The first-order chi connectivity index (χ1) is 6.05. The van der Waals surface area contributed by atoms with E-state index in [-0.39, 0.29) is 18.3 Å². The molecular weight excluding hydrogens is 177 g/mol. The molecule has 1 fully saturated rings. The molecule has 0 nitrogen and oxygen atoms in total. The van der Waals surface area contributed by atoms with Gasteiger partial charge in [-0.15, -0.1) is 6.58 Å². The van der Waals surface area contributed by atoms with Gasteiger partial charge in [0.1, 0.15) is 0 Å². The molecule has 1 unspecified atom stereocenters. The molecule has 0 aromatic rings. The third-order valence-corrected chi connectivity index (χ3v) is 2.56. The van der Waals surface area contributed by atoms with E-state index >= 15 is 0 Å². The van der Waals surface area contributed by atoms with Crippen LogP contribution in [0.15, 0.2) is 12.7 Å². The molecule has 0 aromatic carbocycles. The predicted molar refractivity (Wildman–Crippen MR) is 46.1 cm³/mol. The lowest BCUT2D eigenvalue weighted by Crippen LogP contribution is -2.30. The fourth-order valence-electron chi connectivity index (χ4n) is 1.92. The first-order valence-corrected chi connectivity index (χ1v) is 4.59. The molecule has 0 aliphatic heterocycles. The van der Waals surface area contributed by atoms with Crippen molar-refractivity contribution < 1.29 is 13.2 Å². The normalized spacial score (nSPS) is 25.9. The van der Waals surface area contributed by atoms with Crippen LogP contribution in [0.1, 0.15) is 32.1 Å². The molecule has 3 heteroatoms. The average molecular weight is 191 g/mol. The first kappa shape index (κ1) is 10.6. The summed E-state index contributed by atoms with van der Waals surface area (Å²) in [5.41, 5.74) is 0. The van der Waals surface area contributed by atoms with Gasteiger partial charge < -0.3 is 0 Å². The summed E-state index contributed by atoms with van der Waals surface area (Å²) in [7, 11) is 0. The van der Waals surface area contributed by atoms with E-state index in [1.807, 2.05) is 0 Å². The molecule has 1 radical (unpaired) electrons. The first-order valence-electron chi connectivity index (χ1n) is 4.59. The van der Waals surface area contributed by atoms with Crippen LogP contribution in [-0.4, -0.2) is 6.18 Å². The Labute approximate surface area is 76.8 Å². The van der Waals surface area contributed by atoms with Gasteiger partial charge in [-0.1, -0.05) is 18.9 Å². The molecule has 1 atom stereocenters. The van der Waals surface area contributed by atoms with Gasteiger partial charge in [0.05, 0.1) is 5.92 Å². The van der Waals surface area contributed by atoms with Crippen molar-refractivity contribution in [2.75, 3.05) is 0 Å². The van der Waals surface area contributed by atoms with Crippen LogP contribution in [-0.2, 0) is 0 Å². The minimum Gasteiger partial charge on any atom is -0.170 e. The maximum atomic E-state index is 12.4. The highest BCUT2D eigenvalue weighted by Crippen LogP contribution is 2.44. The Kier molecular flexibility index (Phi) is 3.40. The summed E-state index contributed by atoms with van der Waals surface area (Å²) >= 11 is 0. The Bertz CT molecular complexity index is 171. The van der Waals surface area contributed by atoms with Gasteiger partial charge in [0.15, 0.2) is 0 Å². The van der Waals surface area contributed by atoms with Gasteiger partial charge in [0, 0.05) is 0 Å². The van der Waals surface area contributed by atoms with Gasteiger partial charge in [0.25, 0.3) is 0 Å². The predicted octanol–water partition coefficient (Wildman–Crippen LogP) is 3.89. The Hall–Kier alpha value is -0.470. The summed E-state index contributed by atoms with van der Waals surface area (Å²) in [5, 5.41) is 0. The van der Waals surface area contributed by atoms with E-state index < -0.39 is 6.18 Å². The molecule has 0 amide bonds. The second-order valence-corrected chi connectivity index (χ2v) is 3.49. The molecule has 0 saturated heterocycles. The number of allylic oxidation sites excluding steroid dienone is 1. The zero-order valence-electron chi connectivity index (χ0n) is 7.53. The molecule has 0 bridgehead atoms. The maximum Gasteiger partial charge on any atom is 0.395 e. The van der Waals surface area contributed by atoms with E-state index in [2.05, 4.69) is 6.58 Å². The lowest BCUT2D eigenvalue weighted by atomic mass is 9.77. The van der Waals surface area contributed by atoms with Gasteiger partial charge in [-0.05, 0) is 25.2 Å². The molecule has 1 saturated carbocycles.